The van der Waals surface area contributed by atoms with Gasteiger partial charge in [0.2, 0.25) is 11.4 Å². The fraction of sp³-hybridized carbons (Fsp3) is 0.579. The first-order chi connectivity index (χ1) is 20.6. The largest absolute Gasteiger partial charge is 0.437 e. The van der Waals surface area contributed by atoms with Crippen molar-refractivity contribution in [1.82, 2.24) is 4.98 Å². The van der Waals surface area contributed by atoms with Gasteiger partial charge in [0.05, 0.1) is 5.56 Å². The van der Waals surface area contributed by atoms with Crippen LogP contribution in [0.15, 0.2) is 47.0 Å². The van der Waals surface area contributed by atoms with Crippen molar-refractivity contribution in [2.75, 3.05) is 0 Å². The SMILES string of the molecule is [2H]C1(c2cc[n+](C)c(-c3c(C)ccc4c3oc3nc(C5([2H])CCC(C)(C)CC5)ccc34)c2)CCC(C2CCCCC2)CC1. The highest BCUT2D eigenvalue weighted by Crippen LogP contribution is 2.45. The summed E-state index contributed by atoms with van der Waals surface area (Å²) in [6.07, 6.45) is 17.2. The molecule has 3 saturated carbocycles. The van der Waals surface area contributed by atoms with Crippen LogP contribution in [0.2, 0.25) is 0 Å². The molecule has 1 aromatic carbocycles. The Labute approximate surface area is 249 Å². The summed E-state index contributed by atoms with van der Waals surface area (Å²) in [5, 5.41) is 2.08. The summed E-state index contributed by atoms with van der Waals surface area (Å²) in [5.41, 5.74) is 7.09. The topological polar surface area (TPSA) is 29.9 Å². The molecule has 0 N–H and O–H groups in total. The van der Waals surface area contributed by atoms with E-state index in [4.69, 9.17) is 9.40 Å². The Hall–Kier alpha value is -2.68. The molecule has 3 nitrogen and oxygen atoms in total. The van der Waals surface area contributed by atoms with Crippen molar-refractivity contribution in [1.29, 1.82) is 0 Å². The zero-order valence-corrected chi connectivity index (χ0v) is 25.7. The summed E-state index contributed by atoms with van der Waals surface area (Å²) in [6, 6.07) is 13.0. The van der Waals surface area contributed by atoms with E-state index in [-0.39, 0.29) is 0 Å². The van der Waals surface area contributed by atoms with Crippen molar-refractivity contribution >= 4 is 22.1 Å². The maximum absolute atomic E-state index is 9.60. The maximum atomic E-state index is 9.60. The number of rotatable bonds is 4. The summed E-state index contributed by atoms with van der Waals surface area (Å²) in [4.78, 5) is 5.00. The van der Waals surface area contributed by atoms with Crippen LogP contribution in [0, 0.1) is 24.2 Å². The number of aromatic nitrogens is 2. The van der Waals surface area contributed by atoms with Crippen molar-refractivity contribution in [3.63, 3.8) is 0 Å². The molecular formula is C38H49N2O+. The molecule has 3 heterocycles. The van der Waals surface area contributed by atoms with Gasteiger partial charge in [-0.05, 0) is 105 Å². The standard InChI is InChI=1S/C38H49N2O/c1-25-10-15-31-32-16-17-33(29-18-21-38(2,3)22-19-29)39-37(32)41-36(31)35(25)34-24-30(20-23-40(34)4)28-13-11-27(12-14-28)26-8-6-5-7-9-26/h10,15-17,20,23-24,26-29H,5-9,11-14,18-19,21-22H2,1-4H3/q+1/i28D,29D. The predicted octanol–water partition coefficient (Wildman–Crippen LogP) is 10.3. The molecular weight excluding hydrogens is 500 g/mol. The van der Waals surface area contributed by atoms with Crippen LogP contribution in [0.25, 0.3) is 33.3 Å². The van der Waals surface area contributed by atoms with E-state index in [1.54, 1.807) is 0 Å². The van der Waals surface area contributed by atoms with Gasteiger partial charge in [-0.15, -0.1) is 0 Å². The molecule has 3 fully saturated rings. The van der Waals surface area contributed by atoms with Gasteiger partial charge in [0.1, 0.15) is 7.05 Å². The van der Waals surface area contributed by atoms with E-state index in [0.29, 0.717) is 11.1 Å². The highest BCUT2D eigenvalue weighted by atomic mass is 16.3. The molecule has 3 aromatic heterocycles. The minimum atomic E-state index is -0.652. The van der Waals surface area contributed by atoms with Crippen LogP contribution in [0.1, 0.15) is 129 Å². The van der Waals surface area contributed by atoms with Crippen LogP contribution in [0.4, 0.5) is 0 Å². The van der Waals surface area contributed by atoms with E-state index < -0.39 is 11.8 Å². The Morgan fingerprint density at radius 1 is 0.829 bits per heavy atom. The molecule has 0 bridgehead atoms. The minimum absolute atomic E-state index is 0.302. The average Bonchev–Trinajstić information content (AvgIpc) is 3.38. The Morgan fingerprint density at radius 2 is 1.54 bits per heavy atom. The van der Waals surface area contributed by atoms with E-state index in [9.17, 15) is 2.74 Å². The second-order valence-electron chi connectivity index (χ2n) is 14.3. The lowest BCUT2D eigenvalue weighted by molar-refractivity contribution is -0.660. The highest BCUT2D eigenvalue weighted by molar-refractivity contribution is 6.08. The number of nitrogens with zero attached hydrogens (tertiary/aromatic N) is 2. The quantitative estimate of drug-likeness (QED) is 0.236. The Kier molecular flexibility index (Phi) is 6.59. The van der Waals surface area contributed by atoms with E-state index in [1.807, 2.05) is 0 Å². The normalized spacial score (nSPS) is 27.6. The fourth-order valence-electron chi connectivity index (χ4n) is 8.21. The summed E-state index contributed by atoms with van der Waals surface area (Å²) in [7, 11) is 2.10. The summed E-state index contributed by atoms with van der Waals surface area (Å²) >= 11 is 0. The van der Waals surface area contributed by atoms with E-state index in [2.05, 4.69) is 75.0 Å². The van der Waals surface area contributed by atoms with Crippen LogP contribution in [0.3, 0.4) is 0 Å². The molecule has 3 aliphatic carbocycles. The van der Waals surface area contributed by atoms with Gasteiger partial charge in [-0.1, -0.05) is 58.1 Å². The lowest BCUT2D eigenvalue weighted by Gasteiger charge is -2.36. The number of hydrogen-bond acceptors (Lipinski definition) is 2. The van der Waals surface area contributed by atoms with E-state index >= 15 is 0 Å². The summed E-state index contributed by atoms with van der Waals surface area (Å²) in [5.74, 6) is 0.516. The van der Waals surface area contributed by atoms with Crippen molar-refractivity contribution in [3.05, 3.63) is 59.4 Å². The molecule has 0 atom stereocenters. The third-order valence-electron chi connectivity index (χ3n) is 11.0. The van der Waals surface area contributed by atoms with E-state index in [0.717, 1.165) is 94.8 Å². The monoisotopic (exact) mass is 551 g/mol. The number of fused-ring (bicyclic) bond motifs is 3. The molecule has 4 aromatic rings. The van der Waals surface area contributed by atoms with Gasteiger partial charge in [0, 0.05) is 37.2 Å². The van der Waals surface area contributed by atoms with Crippen LogP contribution in [0.5, 0.6) is 0 Å². The maximum Gasteiger partial charge on any atom is 0.227 e. The first-order valence-electron chi connectivity index (χ1n) is 17.4. The van der Waals surface area contributed by atoms with Gasteiger partial charge in [-0.25, -0.2) is 9.55 Å². The van der Waals surface area contributed by atoms with Crippen molar-refractivity contribution < 1.29 is 11.7 Å². The molecule has 7 rings (SSSR count). The molecule has 3 aliphatic rings. The van der Waals surface area contributed by atoms with Gasteiger partial charge in [-0.3, -0.25) is 0 Å². The van der Waals surface area contributed by atoms with Gasteiger partial charge < -0.3 is 4.42 Å². The second kappa shape index (κ2) is 10.9. The number of hydrogen-bond donors (Lipinski definition) is 0. The molecule has 0 saturated heterocycles. The molecule has 0 unspecified atom stereocenters. The fourth-order valence-corrected chi connectivity index (χ4v) is 8.21. The summed E-state index contributed by atoms with van der Waals surface area (Å²) < 4.78 is 27.7. The molecule has 0 spiro atoms. The first-order valence-corrected chi connectivity index (χ1v) is 16.4. The van der Waals surface area contributed by atoms with E-state index in [1.165, 1.54) is 44.9 Å². The molecule has 3 heteroatoms. The third-order valence-corrected chi connectivity index (χ3v) is 11.0. The number of aryl methyl sites for hydroxylation is 2. The van der Waals surface area contributed by atoms with Crippen LogP contribution in [-0.4, -0.2) is 4.98 Å². The molecule has 0 radical (unpaired) electrons. The molecule has 41 heavy (non-hydrogen) atoms. The first kappa shape index (κ1) is 24.9. The zero-order valence-electron chi connectivity index (χ0n) is 27.7. The zero-order chi connectivity index (χ0) is 30.0. The Morgan fingerprint density at radius 3 is 2.29 bits per heavy atom. The summed E-state index contributed by atoms with van der Waals surface area (Å²) in [6.45, 7) is 6.78. The van der Waals surface area contributed by atoms with Crippen LogP contribution in [-0.2, 0) is 7.05 Å². The van der Waals surface area contributed by atoms with Crippen molar-refractivity contribution in [3.8, 4) is 11.3 Å². The Balaban J connectivity index is 1.23. The minimum Gasteiger partial charge on any atom is -0.437 e. The number of furan rings is 1. The second-order valence-corrected chi connectivity index (χ2v) is 14.3. The third kappa shape index (κ3) is 5.23. The lowest BCUT2D eigenvalue weighted by atomic mass is 9.70. The Bertz CT molecular complexity index is 1650. The van der Waals surface area contributed by atoms with Gasteiger partial charge in [0.25, 0.3) is 0 Å². The van der Waals surface area contributed by atoms with Crippen LogP contribution >= 0.6 is 0 Å². The lowest BCUT2D eigenvalue weighted by Crippen LogP contribution is -2.31. The highest BCUT2D eigenvalue weighted by Gasteiger charge is 2.31. The van der Waals surface area contributed by atoms with Gasteiger partial charge >= 0.3 is 0 Å². The molecule has 0 aliphatic heterocycles. The van der Waals surface area contributed by atoms with Crippen LogP contribution < -0.4 is 4.57 Å². The number of pyridine rings is 2. The van der Waals surface area contributed by atoms with Crippen molar-refractivity contribution in [2.24, 2.45) is 24.3 Å². The van der Waals surface area contributed by atoms with Gasteiger partial charge in [-0.2, -0.15) is 0 Å². The smallest absolute Gasteiger partial charge is 0.227 e. The molecule has 0 amide bonds. The van der Waals surface area contributed by atoms with Crippen molar-refractivity contribution in [2.45, 2.75) is 116 Å². The number of benzene rings is 1. The van der Waals surface area contributed by atoms with Gasteiger partial charge in [0.15, 0.2) is 11.8 Å². The average molecular weight is 552 g/mol. The predicted molar refractivity (Wildman–Crippen MR) is 169 cm³/mol. The molecule has 216 valence electrons.